The summed E-state index contributed by atoms with van der Waals surface area (Å²) in [6.07, 6.45) is -2.20. The second-order valence-corrected chi connectivity index (χ2v) is 2.89. The van der Waals surface area contributed by atoms with E-state index in [-0.39, 0.29) is 10.7 Å². The zero-order chi connectivity index (χ0) is 10.9. The van der Waals surface area contributed by atoms with Gasteiger partial charge in [0, 0.05) is 0 Å². The summed E-state index contributed by atoms with van der Waals surface area (Å²) in [6, 6.07) is 0. The molecule has 76 valence electrons. The maximum absolute atomic E-state index is 12.4. The molecular weight excluding hydrogens is 218 g/mol. The largest absolute Gasteiger partial charge is 0.297 e. The van der Waals surface area contributed by atoms with Crippen LogP contribution in [0.25, 0.3) is 0 Å². The molecule has 0 radical (unpaired) electrons. The molecular formula is C7H5ClF2N2O2. The maximum atomic E-state index is 12.4. The van der Waals surface area contributed by atoms with Crippen molar-refractivity contribution in [1.82, 2.24) is 4.98 Å². The van der Waals surface area contributed by atoms with Gasteiger partial charge in [0.2, 0.25) is 0 Å². The number of halogens is 3. The van der Waals surface area contributed by atoms with Gasteiger partial charge in [0.1, 0.15) is 11.8 Å². The molecule has 0 fully saturated rings. The van der Waals surface area contributed by atoms with Crippen LogP contribution in [0.4, 0.5) is 14.5 Å². The van der Waals surface area contributed by atoms with Crippen molar-refractivity contribution in [3.63, 3.8) is 0 Å². The third-order valence-corrected chi connectivity index (χ3v) is 2.10. The summed E-state index contributed by atoms with van der Waals surface area (Å²) in [4.78, 5) is 13.0. The summed E-state index contributed by atoms with van der Waals surface area (Å²) in [5.41, 5.74) is -1.38. The number of hydrogen-bond donors (Lipinski definition) is 0. The van der Waals surface area contributed by atoms with Crippen LogP contribution in [0.3, 0.4) is 0 Å². The summed E-state index contributed by atoms with van der Waals surface area (Å²) in [6.45, 7) is 1.40. The average Bonchev–Trinajstić information content (AvgIpc) is 2.08. The highest BCUT2D eigenvalue weighted by molar-refractivity contribution is 6.32. The van der Waals surface area contributed by atoms with E-state index < -0.39 is 22.6 Å². The van der Waals surface area contributed by atoms with Crippen molar-refractivity contribution in [2.45, 2.75) is 13.3 Å². The SMILES string of the molecule is Cc1ncc([N+](=O)[O-])c(C(F)F)c1Cl. The normalized spacial score (nSPS) is 10.6. The van der Waals surface area contributed by atoms with Crippen LogP contribution >= 0.6 is 11.6 Å². The van der Waals surface area contributed by atoms with E-state index in [1.807, 2.05) is 0 Å². The Balaban J connectivity index is 3.45. The number of nitrogens with zero attached hydrogens (tertiary/aromatic N) is 2. The van der Waals surface area contributed by atoms with Crippen molar-refractivity contribution < 1.29 is 13.7 Å². The van der Waals surface area contributed by atoms with Crippen molar-refractivity contribution in [3.8, 4) is 0 Å². The molecule has 0 N–H and O–H groups in total. The molecule has 0 aliphatic rings. The first-order valence-electron chi connectivity index (χ1n) is 3.52. The highest BCUT2D eigenvalue weighted by Gasteiger charge is 2.26. The van der Waals surface area contributed by atoms with Crippen LogP contribution in [0.2, 0.25) is 5.02 Å². The van der Waals surface area contributed by atoms with Crippen LogP contribution in [-0.2, 0) is 0 Å². The third kappa shape index (κ3) is 1.79. The van der Waals surface area contributed by atoms with Gasteiger partial charge in [-0.05, 0) is 6.92 Å². The highest BCUT2D eigenvalue weighted by atomic mass is 35.5. The predicted molar refractivity (Wildman–Crippen MR) is 45.6 cm³/mol. The zero-order valence-electron chi connectivity index (χ0n) is 7.00. The summed E-state index contributed by atoms with van der Waals surface area (Å²) >= 11 is 5.49. The van der Waals surface area contributed by atoms with Gasteiger partial charge in [-0.1, -0.05) is 11.6 Å². The Bertz CT molecular complexity index is 384. The van der Waals surface area contributed by atoms with Gasteiger partial charge >= 0.3 is 0 Å². The molecule has 0 bridgehead atoms. The Morgan fingerprint density at radius 1 is 1.64 bits per heavy atom. The molecule has 7 heteroatoms. The Morgan fingerprint density at radius 3 is 2.64 bits per heavy atom. The Morgan fingerprint density at radius 2 is 2.21 bits per heavy atom. The van der Waals surface area contributed by atoms with Crippen LogP contribution < -0.4 is 0 Å². The molecule has 0 saturated heterocycles. The number of aromatic nitrogens is 1. The number of pyridine rings is 1. The quantitative estimate of drug-likeness (QED) is 0.571. The van der Waals surface area contributed by atoms with E-state index in [0.29, 0.717) is 0 Å². The van der Waals surface area contributed by atoms with Gasteiger partial charge in [0.25, 0.3) is 12.1 Å². The van der Waals surface area contributed by atoms with Crippen LogP contribution in [-0.4, -0.2) is 9.91 Å². The first-order valence-corrected chi connectivity index (χ1v) is 3.90. The minimum absolute atomic E-state index is 0.146. The Kier molecular flexibility index (Phi) is 2.95. The molecule has 1 heterocycles. The molecule has 1 rings (SSSR count). The van der Waals surface area contributed by atoms with Gasteiger partial charge in [-0.15, -0.1) is 0 Å². The fourth-order valence-electron chi connectivity index (χ4n) is 0.945. The molecule has 0 unspecified atom stereocenters. The molecule has 0 atom stereocenters. The first kappa shape index (κ1) is 10.8. The molecule has 0 aliphatic heterocycles. The van der Waals surface area contributed by atoms with E-state index in [4.69, 9.17) is 11.6 Å². The lowest BCUT2D eigenvalue weighted by atomic mass is 10.2. The fourth-order valence-corrected chi connectivity index (χ4v) is 1.17. The van der Waals surface area contributed by atoms with Gasteiger partial charge in [0.15, 0.2) is 0 Å². The average molecular weight is 223 g/mol. The summed E-state index contributed by atoms with van der Waals surface area (Å²) in [5.74, 6) is 0. The lowest BCUT2D eigenvalue weighted by molar-refractivity contribution is -0.386. The van der Waals surface area contributed by atoms with Crippen molar-refractivity contribution >= 4 is 17.3 Å². The van der Waals surface area contributed by atoms with Gasteiger partial charge < -0.3 is 0 Å². The maximum Gasteiger partial charge on any atom is 0.297 e. The standard InChI is InChI=1S/C7H5ClF2N2O2/c1-3-6(8)5(7(9)10)4(2-11-3)12(13)14/h2,7H,1H3. The zero-order valence-corrected chi connectivity index (χ0v) is 7.76. The molecule has 0 amide bonds. The first-order chi connectivity index (χ1) is 6.45. The third-order valence-electron chi connectivity index (χ3n) is 1.63. The summed E-state index contributed by atoms with van der Waals surface area (Å²) in [7, 11) is 0. The van der Waals surface area contributed by atoms with Crippen LogP contribution in [0.5, 0.6) is 0 Å². The lowest BCUT2D eigenvalue weighted by Crippen LogP contribution is -2.00. The minimum atomic E-state index is -2.98. The molecule has 0 spiro atoms. The molecule has 0 aliphatic carbocycles. The highest BCUT2D eigenvalue weighted by Crippen LogP contribution is 2.35. The monoisotopic (exact) mass is 222 g/mol. The van der Waals surface area contributed by atoms with E-state index in [1.165, 1.54) is 6.92 Å². The summed E-state index contributed by atoms with van der Waals surface area (Å²) in [5, 5.41) is 10.0. The second kappa shape index (κ2) is 3.83. The number of nitro groups is 1. The molecule has 1 aromatic heterocycles. The van der Waals surface area contributed by atoms with E-state index >= 15 is 0 Å². The molecule has 0 saturated carbocycles. The van der Waals surface area contributed by atoms with E-state index in [2.05, 4.69) is 4.98 Å². The molecule has 4 nitrogen and oxygen atoms in total. The molecule has 1 aromatic rings. The number of alkyl halides is 2. The van der Waals surface area contributed by atoms with Crippen LogP contribution in [0.1, 0.15) is 17.7 Å². The fraction of sp³-hybridized carbons (Fsp3) is 0.286. The Hall–Kier alpha value is -1.30. The van der Waals surface area contributed by atoms with Crippen molar-refractivity contribution in [3.05, 3.63) is 32.6 Å². The Labute approximate surface area is 82.7 Å². The number of hydrogen-bond acceptors (Lipinski definition) is 3. The van der Waals surface area contributed by atoms with Crippen LogP contribution in [0.15, 0.2) is 6.20 Å². The predicted octanol–water partition coefficient (Wildman–Crippen LogP) is 2.89. The number of aryl methyl sites for hydroxylation is 1. The van der Waals surface area contributed by atoms with Gasteiger partial charge in [-0.2, -0.15) is 0 Å². The van der Waals surface area contributed by atoms with Gasteiger partial charge in [-0.25, -0.2) is 8.78 Å². The van der Waals surface area contributed by atoms with Gasteiger partial charge in [0.05, 0.1) is 15.6 Å². The minimum Gasteiger partial charge on any atom is -0.258 e. The number of rotatable bonds is 2. The van der Waals surface area contributed by atoms with Crippen molar-refractivity contribution in [2.24, 2.45) is 0 Å². The van der Waals surface area contributed by atoms with E-state index in [0.717, 1.165) is 6.20 Å². The van der Waals surface area contributed by atoms with Crippen molar-refractivity contribution in [1.29, 1.82) is 0 Å². The van der Waals surface area contributed by atoms with Crippen LogP contribution in [0, 0.1) is 17.0 Å². The van der Waals surface area contributed by atoms with Gasteiger partial charge in [-0.3, -0.25) is 15.1 Å². The second-order valence-electron chi connectivity index (χ2n) is 2.51. The molecule has 0 aromatic carbocycles. The smallest absolute Gasteiger partial charge is 0.258 e. The van der Waals surface area contributed by atoms with E-state index in [1.54, 1.807) is 0 Å². The topological polar surface area (TPSA) is 56.0 Å². The molecule has 14 heavy (non-hydrogen) atoms. The van der Waals surface area contributed by atoms with Crippen molar-refractivity contribution in [2.75, 3.05) is 0 Å². The summed E-state index contributed by atoms with van der Waals surface area (Å²) < 4.78 is 24.8. The van der Waals surface area contributed by atoms with E-state index in [9.17, 15) is 18.9 Å². The lowest BCUT2D eigenvalue weighted by Gasteiger charge is -2.05.